The van der Waals surface area contributed by atoms with Crippen LogP contribution in [-0.2, 0) is 32.0 Å². The van der Waals surface area contributed by atoms with Crippen molar-refractivity contribution in [2.24, 2.45) is 14.1 Å². The molecule has 8 nitrogen and oxygen atoms in total. The van der Waals surface area contributed by atoms with Crippen molar-refractivity contribution in [2.75, 3.05) is 6.54 Å². The third kappa shape index (κ3) is 3.75. The lowest BCUT2D eigenvalue weighted by Crippen LogP contribution is -2.43. The van der Waals surface area contributed by atoms with E-state index in [0.29, 0.717) is 23.4 Å². The Balaban J connectivity index is 1.55. The maximum atomic E-state index is 13.9. The van der Waals surface area contributed by atoms with Crippen LogP contribution in [-0.4, -0.2) is 42.8 Å². The largest absolute Gasteiger partial charge is 0.351 e. The number of hydrogen-bond donors (Lipinski definition) is 1. The summed E-state index contributed by atoms with van der Waals surface area (Å²) >= 11 is 0. The summed E-state index contributed by atoms with van der Waals surface area (Å²) in [4.78, 5) is 27.4. The average molecular weight is 396 g/mol. The van der Waals surface area contributed by atoms with Gasteiger partial charge in [0.25, 0.3) is 5.91 Å². The number of fused-ring (bicyclic) bond motifs is 1. The van der Waals surface area contributed by atoms with Gasteiger partial charge < -0.3 is 10.2 Å². The van der Waals surface area contributed by atoms with Crippen molar-refractivity contribution in [3.63, 3.8) is 0 Å². The molecule has 0 saturated carbocycles. The molecule has 2 aromatic heterocycles. The number of carbonyl (C=O) groups is 2. The molecule has 29 heavy (non-hydrogen) atoms. The summed E-state index contributed by atoms with van der Waals surface area (Å²) in [6.07, 6.45) is 4.97. The summed E-state index contributed by atoms with van der Waals surface area (Å²) in [5.41, 5.74) is 2.34. The number of hydrogen-bond acceptors (Lipinski definition) is 4. The molecule has 1 N–H and O–H groups in total. The van der Waals surface area contributed by atoms with Crippen LogP contribution >= 0.6 is 0 Å². The van der Waals surface area contributed by atoms with Crippen LogP contribution in [0.4, 0.5) is 4.39 Å². The summed E-state index contributed by atoms with van der Waals surface area (Å²) in [5, 5.41) is 11.2. The van der Waals surface area contributed by atoms with Crippen molar-refractivity contribution >= 4 is 11.8 Å². The van der Waals surface area contributed by atoms with Gasteiger partial charge in [-0.1, -0.05) is 18.2 Å². The van der Waals surface area contributed by atoms with Gasteiger partial charge in [0.05, 0.1) is 23.4 Å². The molecule has 1 aliphatic rings. The van der Waals surface area contributed by atoms with Gasteiger partial charge in [0.15, 0.2) is 0 Å². The summed E-state index contributed by atoms with van der Waals surface area (Å²) < 4.78 is 17.1. The van der Waals surface area contributed by atoms with Crippen LogP contribution < -0.4 is 5.32 Å². The normalized spacial score (nSPS) is 15.8. The van der Waals surface area contributed by atoms with Crippen molar-refractivity contribution in [1.29, 1.82) is 0 Å². The SMILES string of the molecule is Cn1cc(C(=O)N2Cc3cn(C)nc3[C@H](C(=O)NCc3ccccc3F)C2)cn1. The van der Waals surface area contributed by atoms with Gasteiger partial charge in [-0.15, -0.1) is 0 Å². The first-order valence-corrected chi connectivity index (χ1v) is 9.24. The Morgan fingerprint density at radius 1 is 1.21 bits per heavy atom. The van der Waals surface area contributed by atoms with Gasteiger partial charge in [-0.2, -0.15) is 10.2 Å². The van der Waals surface area contributed by atoms with Crippen LogP contribution in [0.5, 0.6) is 0 Å². The number of carbonyl (C=O) groups excluding carboxylic acids is 2. The lowest BCUT2D eigenvalue weighted by atomic mass is 9.95. The monoisotopic (exact) mass is 396 g/mol. The molecule has 3 heterocycles. The minimum absolute atomic E-state index is 0.0702. The molecule has 0 bridgehead atoms. The fraction of sp³-hybridized carbons (Fsp3) is 0.300. The highest BCUT2D eigenvalue weighted by Crippen LogP contribution is 2.28. The minimum atomic E-state index is -0.632. The van der Waals surface area contributed by atoms with Gasteiger partial charge in [-0.05, 0) is 6.07 Å². The highest BCUT2D eigenvalue weighted by atomic mass is 19.1. The Kier molecular flexibility index (Phi) is 4.87. The Bertz CT molecular complexity index is 1070. The Morgan fingerprint density at radius 2 is 2.00 bits per heavy atom. The Morgan fingerprint density at radius 3 is 2.72 bits per heavy atom. The number of nitrogens with one attached hydrogen (secondary N) is 1. The molecule has 0 unspecified atom stereocenters. The van der Waals surface area contributed by atoms with Crippen molar-refractivity contribution in [1.82, 2.24) is 29.8 Å². The van der Waals surface area contributed by atoms with E-state index in [1.165, 1.54) is 12.3 Å². The lowest BCUT2D eigenvalue weighted by Gasteiger charge is -2.31. The molecule has 2 amide bonds. The second kappa shape index (κ2) is 7.50. The van der Waals surface area contributed by atoms with Gasteiger partial charge in [-0.25, -0.2) is 4.39 Å². The molecule has 4 rings (SSSR count). The Hall–Kier alpha value is -3.49. The first kappa shape index (κ1) is 18.9. The second-order valence-electron chi connectivity index (χ2n) is 7.16. The minimum Gasteiger partial charge on any atom is -0.351 e. The van der Waals surface area contributed by atoms with E-state index < -0.39 is 5.92 Å². The van der Waals surface area contributed by atoms with E-state index in [2.05, 4.69) is 15.5 Å². The van der Waals surface area contributed by atoms with Crippen LogP contribution in [0.3, 0.4) is 0 Å². The maximum Gasteiger partial charge on any atom is 0.257 e. The predicted molar refractivity (Wildman–Crippen MR) is 102 cm³/mol. The lowest BCUT2D eigenvalue weighted by molar-refractivity contribution is -0.123. The molecule has 1 aromatic carbocycles. The standard InChI is InChI=1S/C20H21FN6O2/c1-25-9-14(8-23-25)20(29)27-11-15-10-26(2)24-18(15)16(12-27)19(28)22-7-13-5-3-4-6-17(13)21/h3-6,8-10,16H,7,11-12H2,1-2H3,(H,22,28)/t16-/m1/s1. The zero-order valence-corrected chi connectivity index (χ0v) is 16.2. The topological polar surface area (TPSA) is 85.0 Å². The Labute approximate surface area is 166 Å². The summed E-state index contributed by atoms with van der Waals surface area (Å²) in [6, 6.07) is 6.30. The molecule has 9 heteroatoms. The van der Waals surface area contributed by atoms with E-state index in [4.69, 9.17) is 0 Å². The number of aryl methyl sites for hydroxylation is 2. The molecule has 0 aliphatic carbocycles. The third-order valence-corrected chi connectivity index (χ3v) is 5.00. The molecule has 0 fully saturated rings. The number of aromatic nitrogens is 4. The highest BCUT2D eigenvalue weighted by Gasteiger charge is 2.35. The third-order valence-electron chi connectivity index (χ3n) is 5.00. The zero-order chi connectivity index (χ0) is 20.5. The summed E-state index contributed by atoms with van der Waals surface area (Å²) in [7, 11) is 3.52. The van der Waals surface area contributed by atoms with Crippen molar-refractivity contribution < 1.29 is 14.0 Å². The van der Waals surface area contributed by atoms with Crippen molar-refractivity contribution in [3.8, 4) is 0 Å². The van der Waals surface area contributed by atoms with Crippen LogP contribution in [0.15, 0.2) is 42.9 Å². The first-order valence-electron chi connectivity index (χ1n) is 9.24. The van der Waals surface area contributed by atoms with E-state index in [0.717, 1.165) is 5.56 Å². The van der Waals surface area contributed by atoms with Crippen LogP contribution in [0, 0.1) is 5.82 Å². The fourth-order valence-electron chi connectivity index (χ4n) is 3.57. The number of amides is 2. The van der Waals surface area contributed by atoms with Crippen LogP contribution in [0.25, 0.3) is 0 Å². The molecule has 0 spiro atoms. The highest BCUT2D eigenvalue weighted by molar-refractivity contribution is 5.95. The average Bonchev–Trinajstić information content (AvgIpc) is 3.30. The van der Waals surface area contributed by atoms with Crippen LogP contribution in [0.2, 0.25) is 0 Å². The van der Waals surface area contributed by atoms with Gasteiger partial charge in [0, 0.05) is 57.3 Å². The molecule has 1 atom stereocenters. The first-order chi connectivity index (χ1) is 13.9. The van der Waals surface area contributed by atoms with E-state index >= 15 is 0 Å². The number of benzene rings is 1. The second-order valence-corrected chi connectivity index (χ2v) is 7.16. The van der Waals surface area contributed by atoms with E-state index in [1.807, 2.05) is 6.20 Å². The fourth-order valence-corrected chi connectivity index (χ4v) is 3.57. The zero-order valence-electron chi connectivity index (χ0n) is 16.2. The van der Waals surface area contributed by atoms with Gasteiger partial charge in [0.2, 0.25) is 5.91 Å². The number of halogens is 1. The summed E-state index contributed by atoms with van der Waals surface area (Å²) in [5.74, 6) is -1.49. The van der Waals surface area contributed by atoms with Crippen molar-refractivity contribution in [3.05, 3.63) is 71.1 Å². The smallest absolute Gasteiger partial charge is 0.257 e. The van der Waals surface area contributed by atoms with Gasteiger partial charge >= 0.3 is 0 Å². The van der Waals surface area contributed by atoms with E-state index in [9.17, 15) is 14.0 Å². The molecule has 1 aliphatic heterocycles. The predicted octanol–water partition coefficient (Wildman–Crippen LogP) is 1.35. The summed E-state index contributed by atoms with van der Waals surface area (Å²) in [6.45, 7) is 0.634. The molecule has 3 aromatic rings. The number of rotatable bonds is 4. The van der Waals surface area contributed by atoms with E-state index in [-0.39, 0.29) is 30.7 Å². The molecule has 0 saturated heterocycles. The quantitative estimate of drug-likeness (QED) is 0.721. The molecule has 150 valence electrons. The van der Waals surface area contributed by atoms with Gasteiger partial charge in [0.1, 0.15) is 5.82 Å². The molecular weight excluding hydrogens is 375 g/mol. The maximum absolute atomic E-state index is 13.9. The number of nitrogens with zero attached hydrogens (tertiary/aromatic N) is 5. The van der Waals surface area contributed by atoms with Crippen LogP contribution in [0.1, 0.15) is 33.1 Å². The van der Waals surface area contributed by atoms with Crippen molar-refractivity contribution in [2.45, 2.75) is 19.0 Å². The van der Waals surface area contributed by atoms with E-state index in [1.54, 1.807) is 52.8 Å². The van der Waals surface area contributed by atoms with Gasteiger partial charge in [-0.3, -0.25) is 19.0 Å². The molecular formula is C20H21FN6O2. The molecule has 0 radical (unpaired) electrons.